The fraction of sp³-hybridized carbons (Fsp3) is 0.385. The van der Waals surface area contributed by atoms with Gasteiger partial charge in [0, 0.05) is 35.2 Å². The number of aromatic nitrogens is 1. The van der Waals surface area contributed by atoms with Crippen LogP contribution in [0.3, 0.4) is 0 Å². The van der Waals surface area contributed by atoms with Crippen LogP contribution in [0.5, 0.6) is 0 Å². The van der Waals surface area contributed by atoms with Gasteiger partial charge in [0.25, 0.3) is 0 Å². The predicted octanol–water partition coefficient (Wildman–Crippen LogP) is 4.80. The molecular weight excluding hydrogens is 504 g/mol. The standard InChI is InChI=1S/C26H24BrF2N3O2/c27-18-8-15-2-1-6-31-24(15)16(9-18)13-32(19-3-4-19)25(33)21-12-30-7-5-26(21)20-11-23(29)22(28)10-17(20)14-34-26/h1-2,6,8-11,19,21,30H,3-5,7,12-14H2/t21-,26?/m1/s1. The van der Waals surface area contributed by atoms with Gasteiger partial charge in [-0.15, -0.1) is 0 Å². The minimum atomic E-state index is -0.947. The topological polar surface area (TPSA) is 54.5 Å². The zero-order chi connectivity index (χ0) is 23.4. The van der Waals surface area contributed by atoms with Gasteiger partial charge in [0.15, 0.2) is 11.6 Å². The highest BCUT2D eigenvalue weighted by Crippen LogP contribution is 2.48. The van der Waals surface area contributed by atoms with E-state index in [9.17, 15) is 13.6 Å². The number of benzene rings is 2. The summed E-state index contributed by atoms with van der Waals surface area (Å²) in [5.41, 5.74) is 2.14. The molecule has 2 aliphatic heterocycles. The normalized spacial score (nSPS) is 23.9. The molecule has 2 aromatic carbocycles. The second-order valence-corrected chi connectivity index (χ2v) is 10.4. The Balaban J connectivity index is 1.38. The van der Waals surface area contributed by atoms with Crippen molar-refractivity contribution in [1.82, 2.24) is 15.2 Å². The molecule has 1 saturated heterocycles. The molecule has 3 aliphatic rings. The Bertz CT molecular complexity index is 1300. The summed E-state index contributed by atoms with van der Waals surface area (Å²) >= 11 is 3.59. The predicted molar refractivity (Wildman–Crippen MR) is 127 cm³/mol. The zero-order valence-corrected chi connectivity index (χ0v) is 20.1. The number of ether oxygens (including phenoxy) is 1. The Morgan fingerprint density at radius 3 is 2.88 bits per heavy atom. The van der Waals surface area contributed by atoms with Gasteiger partial charge in [-0.1, -0.05) is 22.0 Å². The molecule has 2 fully saturated rings. The van der Waals surface area contributed by atoms with Crippen molar-refractivity contribution in [3.8, 4) is 0 Å². The highest BCUT2D eigenvalue weighted by molar-refractivity contribution is 9.10. The third-order valence-corrected chi connectivity index (χ3v) is 7.79. The first kappa shape index (κ1) is 22.1. The van der Waals surface area contributed by atoms with Crippen molar-refractivity contribution >= 4 is 32.7 Å². The van der Waals surface area contributed by atoms with Crippen molar-refractivity contribution in [2.24, 2.45) is 5.92 Å². The van der Waals surface area contributed by atoms with Crippen molar-refractivity contribution in [2.45, 2.75) is 44.1 Å². The van der Waals surface area contributed by atoms with Gasteiger partial charge in [0.2, 0.25) is 5.91 Å². The minimum absolute atomic E-state index is 0.0173. The first-order valence-corrected chi connectivity index (χ1v) is 12.4. The van der Waals surface area contributed by atoms with Gasteiger partial charge < -0.3 is 15.0 Å². The quantitative estimate of drug-likeness (QED) is 0.529. The number of hydrogen-bond acceptors (Lipinski definition) is 4. The van der Waals surface area contributed by atoms with Gasteiger partial charge in [0.1, 0.15) is 5.60 Å². The molecule has 0 radical (unpaired) electrons. The average Bonchev–Trinajstić information content (AvgIpc) is 3.62. The molecule has 176 valence electrons. The van der Waals surface area contributed by atoms with Crippen LogP contribution in [0.15, 0.2) is 47.1 Å². The zero-order valence-electron chi connectivity index (χ0n) is 18.5. The third-order valence-electron chi connectivity index (χ3n) is 7.33. The summed E-state index contributed by atoms with van der Waals surface area (Å²) in [6, 6.07) is 10.6. The summed E-state index contributed by atoms with van der Waals surface area (Å²) in [6.45, 7) is 1.69. The van der Waals surface area contributed by atoms with Crippen LogP contribution in [0.2, 0.25) is 0 Å². The van der Waals surface area contributed by atoms with Gasteiger partial charge in [-0.05, 0) is 72.8 Å². The molecule has 5 nitrogen and oxygen atoms in total. The summed E-state index contributed by atoms with van der Waals surface area (Å²) in [7, 11) is 0. The van der Waals surface area contributed by atoms with Gasteiger partial charge in [-0.2, -0.15) is 0 Å². The van der Waals surface area contributed by atoms with E-state index in [1.54, 1.807) is 6.20 Å². The van der Waals surface area contributed by atoms with Crippen LogP contribution in [-0.2, 0) is 28.3 Å². The van der Waals surface area contributed by atoms with E-state index < -0.39 is 23.2 Å². The highest BCUT2D eigenvalue weighted by atomic mass is 79.9. The Hall–Kier alpha value is -2.42. The van der Waals surface area contributed by atoms with Crippen LogP contribution in [-0.4, -0.2) is 34.9 Å². The van der Waals surface area contributed by atoms with E-state index in [2.05, 4.69) is 26.2 Å². The molecule has 6 rings (SSSR count). The number of halogens is 3. The molecule has 1 unspecified atom stereocenters. The molecule has 1 aliphatic carbocycles. The number of hydrogen-bond donors (Lipinski definition) is 1. The minimum Gasteiger partial charge on any atom is -0.365 e. The molecular formula is C26H24BrF2N3O2. The van der Waals surface area contributed by atoms with Crippen molar-refractivity contribution in [2.75, 3.05) is 13.1 Å². The lowest BCUT2D eigenvalue weighted by Crippen LogP contribution is -2.55. The van der Waals surface area contributed by atoms with Crippen molar-refractivity contribution in [3.05, 3.63) is 75.4 Å². The first-order chi connectivity index (χ1) is 16.5. The van der Waals surface area contributed by atoms with Crippen LogP contribution >= 0.6 is 15.9 Å². The Morgan fingerprint density at radius 2 is 2.06 bits per heavy atom. The Morgan fingerprint density at radius 1 is 1.24 bits per heavy atom. The monoisotopic (exact) mass is 527 g/mol. The van der Waals surface area contributed by atoms with Crippen LogP contribution in [0, 0.1) is 17.6 Å². The lowest BCUT2D eigenvalue weighted by molar-refractivity contribution is -0.157. The van der Waals surface area contributed by atoms with Crippen LogP contribution in [0.1, 0.15) is 36.0 Å². The SMILES string of the molecule is O=C([C@H]1CNCCC12OCc1cc(F)c(F)cc12)N(Cc1cc(Br)cc2cccnc12)C1CC1. The van der Waals surface area contributed by atoms with Crippen molar-refractivity contribution < 1.29 is 18.3 Å². The number of piperidine rings is 1. The molecule has 3 aromatic rings. The van der Waals surface area contributed by atoms with Crippen molar-refractivity contribution in [1.29, 1.82) is 0 Å². The number of fused-ring (bicyclic) bond motifs is 3. The second kappa shape index (κ2) is 8.36. The van der Waals surface area contributed by atoms with E-state index >= 15 is 0 Å². The lowest BCUT2D eigenvalue weighted by Gasteiger charge is -2.43. The smallest absolute Gasteiger partial charge is 0.230 e. The molecule has 0 bridgehead atoms. The Kier molecular flexibility index (Phi) is 5.43. The lowest BCUT2D eigenvalue weighted by atomic mass is 9.75. The molecule has 1 saturated carbocycles. The molecule has 1 aromatic heterocycles. The van der Waals surface area contributed by atoms with E-state index in [1.807, 2.05) is 29.2 Å². The molecule has 3 heterocycles. The van der Waals surface area contributed by atoms with E-state index in [0.717, 1.165) is 33.8 Å². The summed E-state index contributed by atoms with van der Waals surface area (Å²) in [5, 5.41) is 4.34. The second-order valence-electron chi connectivity index (χ2n) is 9.45. The number of nitrogens with one attached hydrogen (secondary N) is 1. The summed E-state index contributed by atoms with van der Waals surface area (Å²) in [6.07, 6.45) is 4.20. The number of carbonyl (C=O) groups is 1. The third kappa shape index (κ3) is 3.63. The summed E-state index contributed by atoms with van der Waals surface area (Å²) < 4.78 is 35.3. The molecule has 34 heavy (non-hydrogen) atoms. The average molecular weight is 528 g/mol. The van der Waals surface area contributed by atoms with E-state index in [-0.39, 0.29) is 18.6 Å². The molecule has 1 N–H and O–H groups in total. The van der Waals surface area contributed by atoms with Gasteiger partial charge in [0.05, 0.1) is 18.0 Å². The van der Waals surface area contributed by atoms with Crippen LogP contribution in [0.25, 0.3) is 10.9 Å². The molecule has 1 amide bonds. The van der Waals surface area contributed by atoms with Crippen LogP contribution in [0.4, 0.5) is 8.78 Å². The van der Waals surface area contributed by atoms with E-state index in [4.69, 9.17) is 4.74 Å². The Labute approximate surface area is 204 Å². The van der Waals surface area contributed by atoms with E-state index in [0.29, 0.717) is 37.2 Å². The number of pyridine rings is 1. The van der Waals surface area contributed by atoms with Gasteiger partial charge >= 0.3 is 0 Å². The maximum atomic E-state index is 14.3. The van der Waals surface area contributed by atoms with Crippen LogP contribution < -0.4 is 5.32 Å². The fourth-order valence-corrected chi connectivity index (χ4v) is 6.06. The van der Waals surface area contributed by atoms with Crippen molar-refractivity contribution in [3.63, 3.8) is 0 Å². The largest absolute Gasteiger partial charge is 0.365 e. The summed E-state index contributed by atoms with van der Waals surface area (Å²) in [4.78, 5) is 20.6. The maximum Gasteiger partial charge on any atom is 0.230 e. The number of nitrogens with zero attached hydrogens (tertiary/aromatic N) is 2. The van der Waals surface area contributed by atoms with Gasteiger partial charge in [-0.25, -0.2) is 8.78 Å². The first-order valence-electron chi connectivity index (χ1n) is 11.6. The molecule has 8 heteroatoms. The number of rotatable bonds is 4. The summed E-state index contributed by atoms with van der Waals surface area (Å²) in [5.74, 6) is -2.33. The number of carbonyl (C=O) groups excluding carboxylic acids is 1. The fourth-order valence-electron chi connectivity index (χ4n) is 5.53. The number of amides is 1. The van der Waals surface area contributed by atoms with Gasteiger partial charge in [-0.3, -0.25) is 9.78 Å². The molecule has 1 spiro atoms. The maximum absolute atomic E-state index is 14.3. The van der Waals surface area contributed by atoms with E-state index in [1.165, 1.54) is 12.1 Å². The highest BCUT2D eigenvalue weighted by Gasteiger charge is 2.53. The molecule has 2 atom stereocenters.